The average Bonchev–Trinajstić information content (AvgIpc) is 2.89. The topological polar surface area (TPSA) is 150 Å². The molecule has 0 atom stereocenters. The molecule has 0 heterocycles. The standard InChI is InChI=1S/C24H26O12/c1-4-20(25)30-7-9-33-23(28)18-13-17(16-36-35-12-11-32-22(27)6-3)14-19(15-18)24(29)34-10-8-31-21(26)5-2/h4-6,13-15H,1-3,7-12,16H2. The molecular formula is C24H26O12. The molecule has 12 heteroatoms. The van der Waals surface area contributed by atoms with Crippen molar-refractivity contribution in [3.63, 3.8) is 0 Å². The molecule has 0 aliphatic rings. The Morgan fingerprint density at radius 3 is 1.36 bits per heavy atom. The van der Waals surface area contributed by atoms with Crippen molar-refractivity contribution in [2.75, 3.05) is 39.6 Å². The first-order chi connectivity index (χ1) is 17.3. The van der Waals surface area contributed by atoms with Gasteiger partial charge in [-0.1, -0.05) is 19.7 Å². The van der Waals surface area contributed by atoms with Crippen LogP contribution < -0.4 is 0 Å². The number of rotatable bonds is 17. The Labute approximate surface area is 206 Å². The molecule has 1 aromatic rings. The predicted octanol–water partition coefficient (Wildman–Crippen LogP) is 1.64. The molecule has 0 aliphatic heterocycles. The molecule has 0 unspecified atom stereocenters. The number of hydrogen-bond acceptors (Lipinski definition) is 12. The van der Waals surface area contributed by atoms with E-state index in [4.69, 9.17) is 33.5 Å². The van der Waals surface area contributed by atoms with E-state index in [9.17, 15) is 24.0 Å². The monoisotopic (exact) mass is 506 g/mol. The highest BCUT2D eigenvalue weighted by Crippen LogP contribution is 2.15. The molecule has 1 aromatic carbocycles. The van der Waals surface area contributed by atoms with Crippen molar-refractivity contribution in [3.8, 4) is 0 Å². The molecule has 0 bridgehead atoms. The molecule has 0 spiro atoms. The molecule has 0 amide bonds. The number of benzene rings is 1. The SMILES string of the molecule is C=CC(=O)OCCOOCc1cc(C(=O)OCCOC(=O)C=C)cc(C(=O)OCCOC(=O)C=C)c1. The summed E-state index contributed by atoms with van der Waals surface area (Å²) in [6.07, 6.45) is 2.93. The fourth-order valence-corrected chi connectivity index (χ4v) is 2.25. The maximum atomic E-state index is 12.4. The van der Waals surface area contributed by atoms with Gasteiger partial charge in [-0.3, -0.25) is 0 Å². The van der Waals surface area contributed by atoms with Gasteiger partial charge in [-0.25, -0.2) is 33.7 Å². The van der Waals surface area contributed by atoms with Crippen LogP contribution in [0.25, 0.3) is 0 Å². The third kappa shape index (κ3) is 12.3. The van der Waals surface area contributed by atoms with E-state index in [1.165, 1.54) is 18.2 Å². The second-order valence-corrected chi connectivity index (χ2v) is 6.39. The van der Waals surface area contributed by atoms with Crippen LogP contribution >= 0.6 is 0 Å². The van der Waals surface area contributed by atoms with Crippen LogP contribution in [0.2, 0.25) is 0 Å². The third-order valence-corrected chi connectivity index (χ3v) is 3.81. The normalized spacial score (nSPS) is 9.89. The Kier molecular flexibility index (Phi) is 14.2. The molecule has 0 saturated carbocycles. The van der Waals surface area contributed by atoms with Crippen LogP contribution in [0.4, 0.5) is 0 Å². The number of esters is 5. The molecule has 36 heavy (non-hydrogen) atoms. The van der Waals surface area contributed by atoms with Gasteiger partial charge >= 0.3 is 29.8 Å². The first-order valence-corrected chi connectivity index (χ1v) is 10.4. The lowest BCUT2D eigenvalue weighted by Gasteiger charge is -2.11. The quantitative estimate of drug-likeness (QED) is 0.0754. The van der Waals surface area contributed by atoms with Gasteiger partial charge in [-0.15, -0.1) is 0 Å². The zero-order chi connectivity index (χ0) is 26.8. The van der Waals surface area contributed by atoms with Gasteiger partial charge in [0.1, 0.15) is 46.2 Å². The molecule has 0 fully saturated rings. The first-order valence-electron chi connectivity index (χ1n) is 10.4. The van der Waals surface area contributed by atoms with E-state index >= 15 is 0 Å². The van der Waals surface area contributed by atoms with Gasteiger partial charge in [0, 0.05) is 18.2 Å². The van der Waals surface area contributed by atoms with E-state index in [-0.39, 0.29) is 57.4 Å². The Morgan fingerprint density at radius 1 is 0.556 bits per heavy atom. The van der Waals surface area contributed by atoms with Gasteiger partial charge < -0.3 is 23.7 Å². The summed E-state index contributed by atoms with van der Waals surface area (Å²) in [5, 5.41) is 0. The maximum absolute atomic E-state index is 12.4. The molecule has 0 aliphatic carbocycles. The lowest BCUT2D eigenvalue weighted by Crippen LogP contribution is -2.16. The smallest absolute Gasteiger partial charge is 0.338 e. The van der Waals surface area contributed by atoms with Gasteiger partial charge in [0.05, 0.1) is 11.1 Å². The lowest BCUT2D eigenvalue weighted by atomic mass is 10.1. The van der Waals surface area contributed by atoms with Crippen molar-refractivity contribution in [2.24, 2.45) is 0 Å². The van der Waals surface area contributed by atoms with Gasteiger partial charge in [0.25, 0.3) is 0 Å². The summed E-state index contributed by atoms with van der Waals surface area (Å²) in [4.78, 5) is 67.9. The fourth-order valence-electron chi connectivity index (χ4n) is 2.25. The van der Waals surface area contributed by atoms with Crippen LogP contribution in [0.15, 0.2) is 56.2 Å². The van der Waals surface area contributed by atoms with Gasteiger partial charge in [-0.2, -0.15) is 0 Å². The molecule has 1 rings (SSSR count). The molecule has 0 radical (unpaired) electrons. The largest absolute Gasteiger partial charge is 0.460 e. The van der Waals surface area contributed by atoms with Gasteiger partial charge in [0.2, 0.25) is 0 Å². The van der Waals surface area contributed by atoms with Crippen molar-refractivity contribution < 1.29 is 57.4 Å². The van der Waals surface area contributed by atoms with E-state index in [2.05, 4.69) is 19.7 Å². The van der Waals surface area contributed by atoms with Gasteiger partial charge in [-0.05, 0) is 23.8 Å². The number of ether oxygens (including phenoxy) is 5. The molecular weight excluding hydrogens is 480 g/mol. The molecule has 0 N–H and O–H groups in total. The summed E-state index contributed by atoms with van der Waals surface area (Å²) >= 11 is 0. The summed E-state index contributed by atoms with van der Waals surface area (Å²) < 4.78 is 24.3. The summed E-state index contributed by atoms with van der Waals surface area (Å²) in [6, 6.07) is 4.01. The predicted molar refractivity (Wildman–Crippen MR) is 121 cm³/mol. The second kappa shape index (κ2) is 17.2. The first kappa shape index (κ1) is 29.7. The summed E-state index contributed by atoms with van der Waals surface area (Å²) in [6.45, 7) is 8.54. The van der Waals surface area contributed by atoms with E-state index in [0.717, 1.165) is 18.2 Å². The van der Waals surface area contributed by atoms with Gasteiger partial charge in [0.15, 0.2) is 0 Å². The zero-order valence-corrected chi connectivity index (χ0v) is 19.4. The highest BCUT2D eigenvalue weighted by molar-refractivity contribution is 5.95. The zero-order valence-electron chi connectivity index (χ0n) is 19.4. The van der Waals surface area contributed by atoms with Crippen LogP contribution in [0, 0.1) is 0 Å². The maximum Gasteiger partial charge on any atom is 0.338 e. The molecule has 0 aromatic heterocycles. The van der Waals surface area contributed by atoms with E-state index in [1.54, 1.807) is 0 Å². The van der Waals surface area contributed by atoms with E-state index in [1.807, 2.05) is 0 Å². The van der Waals surface area contributed by atoms with Crippen LogP contribution in [-0.4, -0.2) is 69.5 Å². The van der Waals surface area contributed by atoms with Crippen molar-refractivity contribution in [3.05, 3.63) is 72.9 Å². The summed E-state index contributed by atoms with van der Waals surface area (Å²) in [5.41, 5.74) is 0.308. The minimum Gasteiger partial charge on any atom is -0.460 e. The average molecular weight is 506 g/mol. The molecule has 194 valence electrons. The Morgan fingerprint density at radius 2 is 0.944 bits per heavy atom. The van der Waals surface area contributed by atoms with Crippen LogP contribution in [0.3, 0.4) is 0 Å². The minimum absolute atomic E-state index is 0.0175. The van der Waals surface area contributed by atoms with E-state index in [0.29, 0.717) is 5.56 Å². The molecule has 0 saturated heterocycles. The van der Waals surface area contributed by atoms with Crippen LogP contribution in [0.5, 0.6) is 0 Å². The Bertz CT molecular complexity index is 908. The minimum atomic E-state index is -0.808. The van der Waals surface area contributed by atoms with Crippen molar-refractivity contribution in [2.45, 2.75) is 6.61 Å². The lowest BCUT2D eigenvalue weighted by molar-refractivity contribution is -0.307. The van der Waals surface area contributed by atoms with Crippen LogP contribution in [0.1, 0.15) is 26.3 Å². The molecule has 12 nitrogen and oxygen atoms in total. The third-order valence-electron chi connectivity index (χ3n) is 3.81. The van der Waals surface area contributed by atoms with Crippen molar-refractivity contribution >= 4 is 29.8 Å². The summed E-state index contributed by atoms with van der Waals surface area (Å²) in [5.74, 6) is -3.58. The second-order valence-electron chi connectivity index (χ2n) is 6.39. The Hall–Kier alpha value is -4.29. The number of carbonyl (C=O) groups is 5. The van der Waals surface area contributed by atoms with Crippen molar-refractivity contribution in [1.82, 2.24) is 0 Å². The van der Waals surface area contributed by atoms with Crippen molar-refractivity contribution in [1.29, 1.82) is 0 Å². The number of hydrogen-bond donors (Lipinski definition) is 0. The van der Waals surface area contributed by atoms with Crippen LogP contribution in [-0.2, 0) is 54.4 Å². The van der Waals surface area contributed by atoms with E-state index < -0.39 is 29.8 Å². The Balaban J connectivity index is 2.78. The highest BCUT2D eigenvalue weighted by Gasteiger charge is 2.16. The fraction of sp³-hybridized carbons (Fsp3) is 0.292. The summed E-state index contributed by atoms with van der Waals surface area (Å²) in [7, 11) is 0. The highest BCUT2D eigenvalue weighted by atomic mass is 17.2. The number of carbonyl (C=O) groups excluding carboxylic acids is 5.